The van der Waals surface area contributed by atoms with Gasteiger partial charge in [0.05, 0.1) is 4.88 Å². The van der Waals surface area contributed by atoms with E-state index in [0.29, 0.717) is 23.3 Å². The number of carbonyl (C=O) groups excluding carboxylic acids is 6. The summed E-state index contributed by atoms with van der Waals surface area (Å²) in [6.45, 7) is 9.76. The zero-order chi connectivity index (χ0) is 38.0. The summed E-state index contributed by atoms with van der Waals surface area (Å²) in [6.07, 6.45) is 3.59. The van der Waals surface area contributed by atoms with Gasteiger partial charge in [-0.3, -0.25) is 19.4 Å². The standard InChI is InChI=1S/C40H46N2O10S/c1-39(2,3)51-37(47)41-26-12-9-23(16-26)32(41)35(45)49-19-29(43)22-11-14-28-21(15-22)7-8-25-18-31(53-34(25)28)30(44)20-50-36(46)33-24-10-13-27(17-24)42(33)38(48)52-40(4,5)6/h7-8,11,14-15,18,23-24,26-27,32-33H,9-10,12-13,16-17,19-20H2,1-6H3/t23-,24-,26+,27+,32-,33-/m0/s1. The molecule has 2 aromatic carbocycles. The minimum Gasteiger partial charge on any atom is -0.456 e. The molecule has 6 atom stereocenters. The molecule has 1 aromatic heterocycles. The summed E-state index contributed by atoms with van der Waals surface area (Å²) in [5.41, 5.74) is -1.05. The molecule has 2 saturated carbocycles. The van der Waals surface area contributed by atoms with Crippen LogP contribution in [0, 0.1) is 11.8 Å². The van der Waals surface area contributed by atoms with Crippen molar-refractivity contribution in [3.63, 3.8) is 0 Å². The Morgan fingerprint density at radius 1 is 0.660 bits per heavy atom. The lowest BCUT2D eigenvalue weighted by atomic mass is 9.99. The van der Waals surface area contributed by atoms with E-state index >= 15 is 0 Å². The number of esters is 2. The van der Waals surface area contributed by atoms with Crippen LogP contribution >= 0.6 is 11.3 Å². The van der Waals surface area contributed by atoms with Gasteiger partial charge in [0.2, 0.25) is 5.78 Å². The van der Waals surface area contributed by atoms with E-state index in [0.717, 1.165) is 46.5 Å². The molecule has 4 aliphatic rings. The molecule has 2 aliphatic heterocycles. The number of ketones is 2. The number of thiophene rings is 1. The normalized spacial score (nSPS) is 24.9. The minimum atomic E-state index is -0.773. The summed E-state index contributed by atoms with van der Waals surface area (Å²) < 4.78 is 23.0. The van der Waals surface area contributed by atoms with Crippen molar-refractivity contribution >= 4 is 67.9 Å². The van der Waals surface area contributed by atoms with Crippen molar-refractivity contribution in [3.8, 4) is 0 Å². The highest BCUT2D eigenvalue weighted by atomic mass is 32.1. The average molecular weight is 747 g/mol. The molecule has 12 nitrogen and oxygen atoms in total. The van der Waals surface area contributed by atoms with E-state index in [2.05, 4.69) is 0 Å². The Morgan fingerprint density at radius 3 is 1.70 bits per heavy atom. The summed E-state index contributed by atoms with van der Waals surface area (Å²) in [5.74, 6) is -1.97. The number of benzene rings is 2. The zero-order valence-electron chi connectivity index (χ0n) is 31.0. The summed E-state index contributed by atoms with van der Waals surface area (Å²) in [6, 6.07) is 8.98. The minimum absolute atomic E-state index is 0.0217. The molecule has 4 bridgehead atoms. The van der Waals surface area contributed by atoms with Gasteiger partial charge in [-0.1, -0.05) is 24.3 Å². The van der Waals surface area contributed by atoms with Crippen LogP contribution in [-0.2, 0) is 28.5 Å². The van der Waals surface area contributed by atoms with Gasteiger partial charge in [0.15, 0.2) is 19.0 Å². The molecule has 2 amide bonds. The maximum absolute atomic E-state index is 13.3. The number of hydrogen-bond acceptors (Lipinski definition) is 11. The molecule has 3 aromatic rings. The number of ether oxygens (including phenoxy) is 4. The van der Waals surface area contributed by atoms with Gasteiger partial charge in [-0.25, -0.2) is 19.2 Å². The number of hydrogen-bond donors (Lipinski definition) is 0. The quantitative estimate of drug-likeness (QED) is 0.133. The van der Waals surface area contributed by atoms with Crippen LogP contribution in [0.2, 0.25) is 0 Å². The van der Waals surface area contributed by atoms with Crippen LogP contribution in [0.3, 0.4) is 0 Å². The second kappa shape index (κ2) is 13.7. The average Bonchev–Trinajstić information content (AvgIpc) is 3.93. The largest absolute Gasteiger partial charge is 0.456 e. The predicted molar refractivity (Wildman–Crippen MR) is 196 cm³/mol. The van der Waals surface area contributed by atoms with Crippen LogP contribution < -0.4 is 0 Å². The third-order valence-electron chi connectivity index (χ3n) is 10.6. The Hall–Kier alpha value is -4.52. The van der Waals surface area contributed by atoms with Crippen LogP contribution in [0.4, 0.5) is 9.59 Å². The Bertz CT molecular complexity index is 2010. The smallest absolute Gasteiger partial charge is 0.411 e. The molecule has 2 aliphatic carbocycles. The number of piperidine rings is 2. The molecule has 2 saturated heterocycles. The second-order valence-corrected chi connectivity index (χ2v) is 17.8. The van der Waals surface area contributed by atoms with Gasteiger partial charge in [-0.2, -0.15) is 0 Å². The number of likely N-dealkylation sites (tertiary alicyclic amines) is 2. The molecular formula is C40H46N2O10S. The molecule has 0 N–H and O–H groups in total. The Morgan fingerprint density at radius 2 is 1.17 bits per heavy atom. The molecule has 0 unspecified atom stereocenters. The summed E-state index contributed by atoms with van der Waals surface area (Å²) >= 11 is 1.27. The van der Waals surface area contributed by atoms with Crippen molar-refractivity contribution in [2.75, 3.05) is 13.2 Å². The topological polar surface area (TPSA) is 146 Å². The molecule has 0 radical (unpaired) electrons. The van der Waals surface area contributed by atoms with E-state index in [1.807, 2.05) is 12.1 Å². The highest BCUT2D eigenvalue weighted by molar-refractivity contribution is 7.21. The molecule has 13 heteroatoms. The fourth-order valence-corrected chi connectivity index (χ4v) is 9.59. The van der Waals surface area contributed by atoms with Crippen LogP contribution in [0.25, 0.3) is 20.9 Å². The van der Waals surface area contributed by atoms with Gasteiger partial charge in [0.1, 0.15) is 23.3 Å². The number of rotatable bonds is 8. The van der Waals surface area contributed by atoms with E-state index in [4.69, 9.17) is 18.9 Å². The molecular weight excluding hydrogens is 701 g/mol. The van der Waals surface area contributed by atoms with Crippen molar-refractivity contribution < 1.29 is 47.7 Å². The number of carbonyl (C=O) groups is 6. The van der Waals surface area contributed by atoms with E-state index in [9.17, 15) is 28.8 Å². The Labute approximate surface area is 312 Å². The van der Waals surface area contributed by atoms with Gasteiger partial charge < -0.3 is 18.9 Å². The van der Waals surface area contributed by atoms with Crippen molar-refractivity contribution in [1.82, 2.24) is 9.80 Å². The Kier molecular flexibility index (Phi) is 9.53. The molecule has 282 valence electrons. The van der Waals surface area contributed by atoms with Crippen molar-refractivity contribution in [2.24, 2.45) is 11.8 Å². The SMILES string of the molecule is CC(C)(C)OC(=O)N1[C@@H]2CC[C@@H](C2)[C@H]1C(=O)OCC(=O)c1ccc2c(ccc3cc(C(=O)COC(=O)[C@@H]4[C@H]5CC[C@H](C5)N4C(=O)OC(C)(C)C)sc32)c1. The van der Waals surface area contributed by atoms with Gasteiger partial charge >= 0.3 is 24.1 Å². The van der Waals surface area contributed by atoms with Gasteiger partial charge in [-0.15, -0.1) is 11.3 Å². The highest BCUT2D eigenvalue weighted by Crippen LogP contribution is 2.45. The molecule has 53 heavy (non-hydrogen) atoms. The van der Waals surface area contributed by atoms with E-state index < -0.39 is 60.6 Å². The van der Waals surface area contributed by atoms with Crippen LogP contribution in [0.15, 0.2) is 36.4 Å². The maximum Gasteiger partial charge on any atom is 0.411 e. The zero-order valence-corrected chi connectivity index (χ0v) is 31.8. The van der Waals surface area contributed by atoms with Crippen LogP contribution in [-0.4, -0.2) is 94.1 Å². The lowest BCUT2D eigenvalue weighted by Crippen LogP contribution is -2.51. The third kappa shape index (κ3) is 7.36. The number of amides is 2. The summed E-state index contributed by atoms with van der Waals surface area (Å²) in [4.78, 5) is 82.3. The van der Waals surface area contributed by atoms with Crippen molar-refractivity contribution in [2.45, 2.75) is 115 Å². The van der Waals surface area contributed by atoms with E-state index in [-0.39, 0.29) is 35.5 Å². The van der Waals surface area contributed by atoms with Crippen molar-refractivity contribution in [3.05, 3.63) is 46.8 Å². The second-order valence-electron chi connectivity index (χ2n) is 16.7. The molecule has 3 heterocycles. The fourth-order valence-electron chi connectivity index (χ4n) is 8.47. The number of Topliss-reactive ketones (excluding diaryl/α,β-unsaturated/α-hetero) is 2. The summed E-state index contributed by atoms with van der Waals surface area (Å²) in [5, 5.41) is 2.43. The predicted octanol–water partition coefficient (Wildman–Crippen LogP) is 7.08. The highest BCUT2D eigenvalue weighted by Gasteiger charge is 2.54. The third-order valence-corrected chi connectivity index (χ3v) is 11.9. The first-order valence-electron chi connectivity index (χ1n) is 18.4. The molecule has 7 rings (SSSR count). The maximum atomic E-state index is 13.3. The Balaban J connectivity index is 0.984. The fraction of sp³-hybridized carbons (Fsp3) is 0.550. The molecule has 4 fully saturated rings. The molecule has 0 spiro atoms. The lowest BCUT2D eigenvalue weighted by Gasteiger charge is -2.35. The van der Waals surface area contributed by atoms with Gasteiger partial charge in [0, 0.05) is 22.3 Å². The van der Waals surface area contributed by atoms with Crippen LogP contribution in [0.1, 0.15) is 100 Å². The number of fused-ring (bicyclic) bond motifs is 7. The number of nitrogens with zero attached hydrogens (tertiary/aromatic N) is 2. The monoisotopic (exact) mass is 746 g/mol. The first-order chi connectivity index (χ1) is 25.0. The van der Waals surface area contributed by atoms with Gasteiger partial charge in [-0.05, 0) is 120 Å². The van der Waals surface area contributed by atoms with Crippen molar-refractivity contribution in [1.29, 1.82) is 0 Å². The van der Waals surface area contributed by atoms with E-state index in [1.165, 1.54) is 21.1 Å². The summed E-state index contributed by atoms with van der Waals surface area (Å²) in [7, 11) is 0. The van der Waals surface area contributed by atoms with Gasteiger partial charge in [0.25, 0.3) is 0 Å². The first kappa shape index (κ1) is 36.8. The lowest BCUT2D eigenvalue weighted by molar-refractivity contribution is -0.151. The first-order valence-corrected chi connectivity index (χ1v) is 19.2. The van der Waals surface area contributed by atoms with Crippen LogP contribution in [0.5, 0.6) is 0 Å². The van der Waals surface area contributed by atoms with E-state index in [1.54, 1.807) is 65.8 Å².